The topological polar surface area (TPSA) is 99.8 Å². The number of carbonyl (C=O) groups excluding carboxylic acids is 3. The molecule has 1 aliphatic rings. The number of ether oxygens (including phenoxy) is 1. The summed E-state index contributed by atoms with van der Waals surface area (Å²) in [5, 5.41) is 2.95. The summed E-state index contributed by atoms with van der Waals surface area (Å²) in [7, 11) is 1.55. The molecule has 1 heterocycles. The molecule has 1 unspecified atom stereocenters. The number of rotatable bonds is 6. The van der Waals surface area contributed by atoms with Gasteiger partial charge in [0.25, 0.3) is 5.91 Å². The highest BCUT2D eigenvalue weighted by atomic mass is 16.5. The van der Waals surface area contributed by atoms with Crippen LogP contribution in [0, 0.1) is 0 Å². The van der Waals surface area contributed by atoms with Crippen LogP contribution < -0.4 is 20.9 Å². The van der Waals surface area contributed by atoms with Crippen LogP contribution >= 0.6 is 0 Å². The molecule has 0 aliphatic carbocycles. The first-order valence-electron chi connectivity index (χ1n) is 9.50. The molecule has 0 bridgehead atoms. The predicted octanol–water partition coefficient (Wildman–Crippen LogP) is 2.22. The molecule has 0 saturated heterocycles. The van der Waals surface area contributed by atoms with Gasteiger partial charge in [-0.3, -0.25) is 25.2 Å². The average Bonchev–Trinajstić information content (AvgIpc) is 2.76. The molecule has 0 fully saturated rings. The predicted molar refractivity (Wildman–Crippen MR) is 113 cm³/mol. The first kappa shape index (κ1) is 20.9. The number of nitrogens with zero attached hydrogens (tertiary/aromatic N) is 1. The normalized spacial score (nSPS) is 14.5. The number of carbonyl (C=O) groups is 3. The minimum Gasteiger partial charge on any atom is -0.495 e. The fourth-order valence-corrected chi connectivity index (χ4v) is 3.29. The minimum atomic E-state index is -0.438. The van der Waals surface area contributed by atoms with Crippen molar-refractivity contribution < 1.29 is 19.1 Å². The molecule has 3 rings (SSSR count). The number of fused-ring (bicyclic) bond motifs is 1. The molecule has 0 aromatic heterocycles. The van der Waals surface area contributed by atoms with Crippen LogP contribution in [-0.2, 0) is 14.4 Å². The number of anilines is 1. The van der Waals surface area contributed by atoms with Crippen molar-refractivity contribution >= 4 is 29.5 Å². The molecule has 3 amide bonds. The fourth-order valence-electron chi connectivity index (χ4n) is 3.29. The van der Waals surface area contributed by atoms with Gasteiger partial charge in [0.05, 0.1) is 31.8 Å². The van der Waals surface area contributed by atoms with E-state index in [1.165, 1.54) is 11.8 Å². The molecule has 1 atom stereocenters. The van der Waals surface area contributed by atoms with E-state index >= 15 is 0 Å². The number of amides is 3. The molecule has 0 spiro atoms. The lowest BCUT2D eigenvalue weighted by Crippen LogP contribution is -2.45. The summed E-state index contributed by atoms with van der Waals surface area (Å²) in [5.41, 5.74) is 7.31. The van der Waals surface area contributed by atoms with Crippen molar-refractivity contribution in [2.24, 2.45) is 0 Å². The van der Waals surface area contributed by atoms with Crippen molar-refractivity contribution in [3.8, 4) is 5.75 Å². The highest BCUT2D eigenvalue weighted by Gasteiger charge is 2.28. The van der Waals surface area contributed by atoms with Crippen molar-refractivity contribution in [1.29, 1.82) is 0 Å². The molecule has 0 saturated carbocycles. The van der Waals surface area contributed by atoms with E-state index in [0.717, 1.165) is 11.1 Å². The van der Waals surface area contributed by atoms with E-state index in [4.69, 9.17) is 4.74 Å². The Kier molecular flexibility index (Phi) is 6.69. The monoisotopic (exact) mass is 408 g/mol. The fraction of sp³-hybridized carbons (Fsp3) is 0.227. The SMILES string of the molecule is COc1ccccc1NCC(=O)NNC(=O)CC1c2ccccc2C=CN1C(C)=O. The Morgan fingerprint density at radius 2 is 1.70 bits per heavy atom. The third kappa shape index (κ3) is 4.96. The molecule has 8 heteroatoms. The first-order chi connectivity index (χ1) is 14.5. The number of para-hydroxylation sites is 2. The average molecular weight is 408 g/mol. The summed E-state index contributed by atoms with van der Waals surface area (Å²) in [6.07, 6.45) is 3.54. The van der Waals surface area contributed by atoms with Crippen molar-refractivity contribution in [2.75, 3.05) is 19.0 Å². The second-order valence-corrected chi connectivity index (χ2v) is 6.74. The zero-order valence-electron chi connectivity index (χ0n) is 16.8. The maximum absolute atomic E-state index is 12.4. The van der Waals surface area contributed by atoms with E-state index < -0.39 is 17.9 Å². The Bertz CT molecular complexity index is 973. The van der Waals surface area contributed by atoms with E-state index in [0.29, 0.717) is 11.4 Å². The Labute approximate surface area is 174 Å². The van der Waals surface area contributed by atoms with Crippen LogP contribution in [0.25, 0.3) is 6.08 Å². The molecular weight excluding hydrogens is 384 g/mol. The minimum absolute atomic E-state index is 0.0150. The zero-order valence-corrected chi connectivity index (χ0v) is 16.8. The van der Waals surface area contributed by atoms with Gasteiger partial charge in [-0.15, -0.1) is 0 Å². The Balaban J connectivity index is 1.55. The molecular formula is C22H24N4O4. The number of hydrazine groups is 1. The van der Waals surface area contributed by atoms with Gasteiger partial charge < -0.3 is 15.0 Å². The van der Waals surface area contributed by atoms with Crippen LogP contribution in [0.2, 0.25) is 0 Å². The number of benzene rings is 2. The summed E-state index contributed by atoms with van der Waals surface area (Å²) >= 11 is 0. The maximum atomic E-state index is 12.4. The van der Waals surface area contributed by atoms with Gasteiger partial charge in [-0.25, -0.2) is 0 Å². The molecule has 3 N–H and O–H groups in total. The number of methoxy groups -OCH3 is 1. The van der Waals surface area contributed by atoms with Crippen molar-refractivity contribution in [1.82, 2.24) is 15.8 Å². The Morgan fingerprint density at radius 3 is 2.47 bits per heavy atom. The highest BCUT2D eigenvalue weighted by molar-refractivity contribution is 5.86. The first-order valence-corrected chi connectivity index (χ1v) is 9.50. The van der Waals surface area contributed by atoms with Crippen LogP contribution in [0.5, 0.6) is 5.75 Å². The summed E-state index contributed by atoms with van der Waals surface area (Å²) in [4.78, 5) is 38.0. The van der Waals surface area contributed by atoms with Gasteiger partial charge in [-0.05, 0) is 29.3 Å². The second-order valence-electron chi connectivity index (χ2n) is 6.74. The quantitative estimate of drug-likeness (QED) is 0.637. The van der Waals surface area contributed by atoms with Crippen molar-refractivity contribution in [2.45, 2.75) is 19.4 Å². The summed E-state index contributed by atoms with van der Waals surface area (Å²) in [6.45, 7) is 1.41. The van der Waals surface area contributed by atoms with Crippen LogP contribution in [0.15, 0.2) is 54.7 Å². The largest absolute Gasteiger partial charge is 0.495 e. The summed E-state index contributed by atoms with van der Waals surface area (Å²) in [5.74, 6) is -0.366. The van der Waals surface area contributed by atoms with Crippen LogP contribution in [0.4, 0.5) is 5.69 Å². The highest BCUT2D eigenvalue weighted by Crippen LogP contribution is 2.32. The molecule has 156 valence electrons. The number of nitrogens with one attached hydrogen (secondary N) is 3. The number of hydrogen-bond donors (Lipinski definition) is 3. The maximum Gasteiger partial charge on any atom is 0.257 e. The van der Waals surface area contributed by atoms with Gasteiger partial charge in [0, 0.05) is 13.1 Å². The van der Waals surface area contributed by atoms with Gasteiger partial charge in [-0.1, -0.05) is 36.4 Å². The van der Waals surface area contributed by atoms with E-state index in [2.05, 4.69) is 16.2 Å². The molecule has 2 aromatic rings. The van der Waals surface area contributed by atoms with Gasteiger partial charge in [0.2, 0.25) is 11.8 Å². The Morgan fingerprint density at radius 1 is 1.00 bits per heavy atom. The number of hydrogen-bond acceptors (Lipinski definition) is 5. The van der Waals surface area contributed by atoms with Crippen LogP contribution in [0.3, 0.4) is 0 Å². The summed E-state index contributed by atoms with van der Waals surface area (Å²) < 4.78 is 5.22. The van der Waals surface area contributed by atoms with Crippen LogP contribution in [0.1, 0.15) is 30.5 Å². The van der Waals surface area contributed by atoms with Crippen molar-refractivity contribution in [3.63, 3.8) is 0 Å². The van der Waals surface area contributed by atoms with E-state index in [9.17, 15) is 14.4 Å². The van der Waals surface area contributed by atoms with Gasteiger partial charge in [0.1, 0.15) is 5.75 Å². The standard InChI is InChI=1S/C22H24N4O4/c1-15(27)26-12-11-16-7-3-4-8-17(16)19(26)13-21(28)24-25-22(29)14-23-18-9-5-6-10-20(18)30-2/h3-12,19,23H,13-14H2,1-2H3,(H,24,28)(H,25,29). The molecule has 1 aliphatic heterocycles. The van der Waals surface area contributed by atoms with Gasteiger partial charge >= 0.3 is 0 Å². The lowest BCUT2D eigenvalue weighted by molar-refractivity contribution is -0.132. The zero-order chi connectivity index (χ0) is 21.5. The third-order valence-corrected chi connectivity index (χ3v) is 4.74. The molecule has 30 heavy (non-hydrogen) atoms. The van der Waals surface area contributed by atoms with E-state index in [-0.39, 0.29) is 18.9 Å². The molecule has 2 aromatic carbocycles. The Hall–Kier alpha value is -3.81. The lowest BCUT2D eigenvalue weighted by Gasteiger charge is -2.32. The summed E-state index contributed by atoms with van der Waals surface area (Å²) in [6, 6.07) is 14.4. The van der Waals surface area contributed by atoms with Gasteiger partial charge in [0.15, 0.2) is 0 Å². The van der Waals surface area contributed by atoms with Crippen LogP contribution in [-0.4, -0.2) is 36.3 Å². The van der Waals surface area contributed by atoms with Gasteiger partial charge in [-0.2, -0.15) is 0 Å². The smallest absolute Gasteiger partial charge is 0.257 e. The van der Waals surface area contributed by atoms with Crippen molar-refractivity contribution in [3.05, 3.63) is 65.9 Å². The molecule has 8 nitrogen and oxygen atoms in total. The lowest BCUT2D eigenvalue weighted by atomic mass is 9.93. The van der Waals surface area contributed by atoms with E-state index in [1.54, 1.807) is 25.4 Å². The third-order valence-electron chi connectivity index (χ3n) is 4.74. The molecule has 0 radical (unpaired) electrons. The second kappa shape index (κ2) is 9.60. The van der Waals surface area contributed by atoms with E-state index in [1.807, 2.05) is 42.5 Å².